The molecule has 3 aromatic rings. The standard InChI is InChI=1S/C28H32N4O2.C2H5NO/c1-3-23(26(33)20-9-7-5-6-8-10-20)22-15-16-25-24(17-22)30-28(32(25)4-2)31-27(34)21-13-11-19(18-29)12-14-21;1-2(3)4/h11-17,20,23H,3-10H2,1-2H3,(H,30,31,34);1H3,(H2,3,4). The highest BCUT2D eigenvalue weighted by molar-refractivity contribution is 6.04. The smallest absolute Gasteiger partial charge is 0.257 e. The molecular formula is C30H37N5O3. The zero-order valence-electron chi connectivity index (χ0n) is 22.5. The van der Waals surface area contributed by atoms with Gasteiger partial charge in [0, 0.05) is 30.9 Å². The van der Waals surface area contributed by atoms with Gasteiger partial charge in [0.25, 0.3) is 5.91 Å². The summed E-state index contributed by atoms with van der Waals surface area (Å²) in [5.74, 6) is 0.291. The van der Waals surface area contributed by atoms with Gasteiger partial charge in [-0.15, -0.1) is 0 Å². The van der Waals surface area contributed by atoms with E-state index in [1.807, 2.05) is 29.7 Å². The average molecular weight is 516 g/mol. The van der Waals surface area contributed by atoms with E-state index >= 15 is 0 Å². The molecule has 1 aromatic heterocycles. The van der Waals surface area contributed by atoms with Gasteiger partial charge in [0.15, 0.2) is 0 Å². The molecule has 1 aliphatic rings. The number of anilines is 1. The van der Waals surface area contributed by atoms with E-state index in [2.05, 4.69) is 24.0 Å². The molecule has 1 atom stereocenters. The molecule has 3 N–H and O–H groups in total. The maximum Gasteiger partial charge on any atom is 0.257 e. The van der Waals surface area contributed by atoms with E-state index in [9.17, 15) is 14.4 Å². The largest absolute Gasteiger partial charge is 0.370 e. The van der Waals surface area contributed by atoms with E-state index in [1.54, 1.807) is 24.3 Å². The molecular weight excluding hydrogens is 478 g/mol. The van der Waals surface area contributed by atoms with Crippen LogP contribution in [0.4, 0.5) is 5.95 Å². The van der Waals surface area contributed by atoms with Crippen molar-refractivity contribution in [3.05, 3.63) is 59.2 Å². The molecule has 4 rings (SSSR count). The highest BCUT2D eigenvalue weighted by Crippen LogP contribution is 2.33. The molecule has 1 aliphatic carbocycles. The number of aryl methyl sites for hydroxylation is 1. The van der Waals surface area contributed by atoms with Crippen molar-refractivity contribution in [3.63, 3.8) is 0 Å². The first-order valence-corrected chi connectivity index (χ1v) is 13.4. The van der Waals surface area contributed by atoms with Gasteiger partial charge in [-0.2, -0.15) is 5.26 Å². The van der Waals surface area contributed by atoms with Gasteiger partial charge < -0.3 is 10.3 Å². The van der Waals surface area contributed by atoms with Gasteiger partial charge in [0.05, 0.1) is 22.7 Å². The Balaban J connectivity index is 0.000000934. The Morgan fingerprint density at radius 2 is 1.71 bits per heavy atom. The van der Waals surface area contributed by atoms with Crippen LogP contribution in [0, 0.1) is 17.2 Å². The second kappa shape index (κ2) is 13.5. The summed E-state index contributed by atoms with van der Waals surface area (Å²) >= 11 is 0. The Morgan fingerprint density at radius 1 is 1.08 bits per heavy atom. The lowest BCUT2D eigenvalue weighted by Gasteiger charge is -2.21. The maximum absolute atomic E-state index is 13.4. The minimum atomic E-state index is -0.333. The fourth-order valence-electron chi connectivity index (χ4n) is 5.10. The lowest BCUT2D eigenvalue weighted by atomic mass is 9.82. The number of carbonyl (C=O) groups is 3. The van der Waals surface area contributed by atoms with Crippen LogP contribution in [-0.4, -0.2) is 27.1 Å². The molecule has 1 fully saturated rings. The molecule has 0 aliphatic heterocycles. The average Bonchev–Trinajstić information content (AvgIpc) is 3.05. The molecule has 1 saturated carbocycles. The number of hydrogen-bond acceptors (Lipinski definition) is 5. The molecule has 8 nitrogen and oxygen atoms in total. The van der Waals surface area contributed by atoms with Gasteiger partial charge in [0.1, 0.15) is 5.78 Å². The quantitative estimate of drug-likeness (QED) is 0.389. The van der Waals surface area contributed by atoms with Crippen LogP contribution in [0.1, 0.15) is 93.1 Å². The van der Waals surface area contributed by atoms with Crippen molar-refractivity contribution in [2.24, 2.45) is 11.7 Å². The number of aromatic nitrogens is 2. The summed E-state index contributed by atoms with van der Waals surface area (Å²) in [6, 6.07) is 14.7. The number of imidazole rings is 1. The number of fused-ring (bicyclic) bond motifs is 1. The summed E-state index contributed by atoms with van der Waals surface area (Å²) in [5, 5.41) is 11.9. The van der Waals surface area contributed by atoms with E-state index < -0.39 is 0 Å². The number of nitrogens with zero attached hydrogens (tertiary/aromatic N) is 3. The highest BCUT2D eigenvalue weighted by Gasteiger charge is 2.28. The van der Waals surface area contributed by atoms with Crippen molar-refractivity contribution in [1.29, 1.82) is 5.26 Å². The van der Waals surface area contributed by atoms with Crippen molar-refractivity contribution in [2.75, 3.05) is 5.32 Å². The monoisotopic (exact) mass is 515 g/mol. The molecule has 200 valence electrons. The third kappa shape index (κ3) is 7.06. The SMILES string of the molecule is CC(N)=O.CCC(C(=O)C1CCCCCC1)c1ccc2c(c1)nc(NC(=O)c1ccc(C#N)cc1)n2CC. The lowest BCUT2D eigenvalue weighted by Crippen LogP contribution is -2.21. The van der Waals surface area contributed by atoms with Crippen molar-refractivity contribution < 1.29 is 14.4 Å². The molecule has 1 unspecified atom stereocenters. The highest BCUT2D eigenvalue weighted by atomic mass is 16.2. The number of nitrogens with two attached hydrogens (primary N) is 1. The van der Waals surface area contributed by atoms with Gasteiger partial charge in [0.2, 0.25) is 11.9 Å². The number of rotatable bonds is 7. The fourth-order valence-corrected chi connectivity index (χ4v) is 5.10. The molecule has 0 spiro atoms. The van der Waals surface area contributed by atoms with E-state index in [-0.39, 0.29) is 23.7 Å². The van der Waals surface area contributed by atoms with Crippen LogP contribution >= 0.6 is 0 Å². The summed E-state index contributed by atoms with van der Waals surface area (Å²) in [6.07, 6.45) is 7.55. The molecule has 8 heteroatoms. The van der Waals surface area contributed by atoms with Crippen molar-refractivity contribution in [3.8, 4) is 6.07 Å². The molecule has 2 aromatic carbocycles. The molecule has 1 heterocycles. The summed E-state index contributed by atoms with van der Waals surface area (Å²) in [5.41, 5.74) is 8.16. The van der Waals surface area contributed by atoms with Crippen molar-refractivity contribution in [2.45, 2.75) is 78.2 Å². The Labute approximate surface area is 224 Å². The number of carbonyl (C=O) groups excluding carboxylic acids is 3. The van der Waals surface area contributed by atoms with Crippen LogP contribution in [-0.2, 0) is 16.1 Å². The Bertz CT molecular complexity index is 1310. The van der Waals surface area contributed by atoms with E-state index in [4.69, 9.17) is 10.2 Å². The third-order valence-electron chi connectivity index (χ3n) is 7.00. The first-order chi connectivity index (χ1) is 18.3. The van der Waals surface area contributed by atoms with Crippen LogP contribution in [0.2, 0.25) is 0 Å². The van der Waals surface area contributed by atoms with E-state index in [0.29, 0.717) is 29.4 Å². The van der Waals surface area contributed by atoms with Crippen LogP contribution in [0.5, 0.6) is 0 Å². The number of Topliss-reactive ketones (excluding diaryl/α,β-unsaturated/α-hetero) is 1. The number of nitrogens with one attached hydrogen (secondary N) is 1. The van der Waals surface area contributed by atoms with Gasteiger partial charge in [-0.1, -0.05) is 38.7 Å². The zero-order valence-corrected chi connectivity index (χ0v) is 22.5. The topological polar surface area (TPSA) is 131 Å². The minimum Gasteiger partial charge on any atom is -0.370 e. The third-order valence-corrected chi connectivity index (χ3v) is 7.00. The van der Waals surface area contributed by atoms with Crippen molar-refractivity contribution in [1.82, 2.24) is 9.55 Å². The van der Waals surface area contributed by atoms with Gasteiger partial charge in [-0.3, -0.25) is 19.7 Å². The zero-order chi connectivity index (χ0) is 27.7. The van der Waals surface area contributed by atoms with Crippen LogP contribution in [0.25, 0.3) is 11.0 Å². The first kappa shape index (κ1) is 28.6. The summed E-state index contributed by atoms with van der Waals surface area (Å²) in [4.78, 5) is 40.1. The van der Waals surface area contributed by atoms with Gasteiger partial charge in [-0.05, 0) is 68.1 Å². The molecule has 2 amide bonds. The van der Waals surface area contributed by atoms with Crippen LogP contribution in [0.15, 0.2) is 42.5 Å². The molecule has 0 radical (unpaired) electrons. The molecule has 0 saturated heterocycles. The van der Waals surface area contributed by atoms with Gasteiger partial charge >= 0.3 is 0 Å². The second-order valence-corrected chi connectivity index (χ2v) is 9.73. The predicted octanol–water partition coefficient (Wildman–Crippen LogP) is 5.70. The Hall–Kier alpha value is -3.99. The molecule has 0 bridgehead atoms. The lowest BCUT2D eigenvalue weighted by molar-refractivity contribution is -0.124. The summed E-state index contributed by atoms with van der Waals surface area (Å²) < 4.78 is 1.97. The number of amides is 2. The Morgan fingerprint density at radius 3 is 2.26 bits per heavy atom. The normalized spacial score (nSPS) is 14.5. The first-order valence-electron chi connectivity index (χ1n) is 13.4. The van der Waals surface area contributed by atoms with Crippen molar-refractivity contribution >= 4 is 34.6 Å². The summed E-state index contributed by atoms with van der Waals surface area (Å²) in [6.45, 7) is 6.05. The number of benzene rings is 2. The van der Waals surface area contributed by atoms with Crippen LogP contribution < -0.4 is 11.1 Å². The summed E-state index contributed by atoms with van der Waals surface area (Å²) in [7, 11) is 0. The van der Waals surface area contributed by atoms with E-state index in [1.165, 1.54) is 19.8 Å². The number of primary amides is 1. The Kier molecular flexibility index (Phi) is 10.2. The maximum atomic E-state index is 13.4. The van der Waals surface area contributed by atoms with Gasteiger partial charge in [-0.25, -0.2) is 4.98 Å². The van der Waals surface area contributed by atoms with E-state index in [0.717, 1.165) is 48.7 Å². The predicted molar refractivity (Wildman–Crippen MR) is 149 cm³/mol. The van der Waals surface area contributed by atoms with Crippen LogP contribution in [0.3, 0.4) is 0 Å². The molecule has 38 heavy (non-hydrogen) atoms. The second-order valence-electron chi connectivity index (χ2n) is 9.73. The fraction of sp³-hybridized carbons (Fsp3) is 0.433. The number of hydrogen-bond donors (Lipinski definition) is 2. The number of ketones is 1. The minimum absolute atomic E-state index is 0.115. The number of nitriles is 1.